The van der Waals surface area contributed by atoms with Gasteiger partial charge in [0.2, 0.25) is 5.91 Å². The summed E-state index contributed by atoms with van der Waals surface area (Å²) in [6, 6.07) is 5.99. The van der Waals surface area contributed by atoms with Crippen molar-refractivity contribution in [2.45, 2.75) is 13.0 Å². The molecule has 0 aliphatic heterocycles. The molecule has 2 heterocycles. The van der Waals surface area contributed by atoms with Crippen molar-refractivity contribution in [2.75, 3.05) is 5.32 Å². The Hall–Kier alpha value is -2.87. The van der Waals surface area contributed by atoms with Crippen LogP contribution in [0.1, 0.15) is 13.0 Å². The quantitative estimate of drug-likeness (QED) is 0.761. The molecule has 1 aromatic carbocycles. The van der Waals surface area contributed by atoms with Crippen LogP contribution in [0.4, 0.5) is 5.69 Å². The first-order valence-electron chi connectivity index (χ1n) is 7.50. The second kappa shape index (κ2) is 6.21. The molecule has 0 saturated heterocycles. The minimum Gasteiger partial charge on any atom is -0.324 e. The number of aromatic nitrogens is 4. The molecule has 0 fully saturated rings. The maximum Gasteiger partial charge on any atom is 0.332 e. The Morgan fingerprint density at radius 2 is 1.80 bits per heavy atom. The number of nitrogens with zero attached hydrogens (tertiary/aromatic N) is 4. The Kier molecular flexibility index (Phi) is 4.22. The van der Waals surface area contributed by atoms with E-state index in [0.29, 0.717) is 10.7 Å². The fourth-order valence-electron chi connectivity index (χ4n) is 2.56. The summed E-state index contributed by atoms with van der Waals surface area (Å²) in [5.41, 5.74) is 0.0522. The zero-order valence-corrected chi connectivity index (χ0v) is 14.6. The van der Waals surface area contributed by atoms with Crippen LogP contribution in [0.5, 0.6) is 0 Å². The minimum absolute atomic E-state index is 0.198. The minimum atomic E-state index is -0.703. The fourth-order valence-corrected chi connectivity index (χ4v) is 2.69. The number of carbonyl (C=O) groups is 1. The summed E-state index contributed by atoms with van der Waals surface area (Å²) in [7, 11) is 2.92. The average Bonchev–Trinajstić information content (AvgIpc) is 3.04. The third kappa shape index (κ3) is 2.85. The Labute approximate surface area is 147 Å². The number of nitrogens with one attached hydrogen (secondary N) is 1. The fraction of sp³-hybridized carbons (Fsp3) is 0.250. The van der Waals surface area contributed by atoms with Gasteiger partial charge in [-0.05, 0) is 31.2 Å². The number of imidazole rings is 1. The van der Waals surface area contributed by atoms with Gasteiger partial charge in [-0.2, -0.15) is 0 Å². The third-order valence-electron chi connectivity index (χ3n) is 4.08. The first-order chi connectivity index (χ1) is 11.8. The Morgan fingerprint density at radius 3 is 2.44 bits per heavy atom. The van der Waals surface area contributed by atoms with Gasteiger partial charge in [0.25, 0.3) is 5.56 Å². The van der Waals surface area contributed by atoms with Crippen LogP contribution in [0.25, 0.3) is 11.2 Å². The number of amides is 1. The number of halogens is 1. The molecule has 1 N–H and O–H groups in total. The van der Waals surface area contributed by atoms with Crippen molar-refractivity contribution in [3.63, 3.8) is 0 Å². The molecule has 3 rings (SSSR count). The molecule has 2 aromatic heterocycles. The number of fused-ring (bicyclic) bond motifs is 1. The summed E-state index contributed by atoms with van der Waals surface area (Å²) < 4.78 is 3.73. The Morgan fingerprint density at radius 1 is 1.16 bits per heavy atom. The van der Waals surface area contributed by atoms with E-state index in [9.17, 15) is 14.4 Å². The van der Waals surface area contributed by atoms with Crippen molar-refractivity contribution < 1.29 is 4.79 Å². The lowest BCUT2D eigenvalue weighted by Gasteiger charge is -2.15. The second-order valence-corrected chi connectivity index (χ2v) is 6.14. The summed E-state index contributed by atoms with van der Waals surface area (Å²) in [5, 5.41) is 3.32. The van der Waals surface area contributed by atoms with Crippen molar-refractivity contribution in [3.05, 3.63) is 56.5 Å². The zero-order valence-electron chi connectivity index (χ0n) is 13.9. The van der Waals surface area contributed by atoms with Crippen molar-refractivity contribution in [2.24, 2.45) is 14.1 Å². The van der Waals surface area contributed by atoms with E-state index in [1.54, 1.807) is 31.2 Å². The van der Waals surface area contributed by atoms with E-state index in [1.165, 1.54) is 29.6 Å². The Balaban J connectivity index is 2.01. The summed E-state index contributed by atoms with van der Waals surface area (Å²) in [5.74, 6) is -0.322. The Bertz CT molecular complexity index is 1080. The predicted molar refractivity (Wildman–Crippen MR) is 95.0 cm³/mol. The van der Waals surface area contributed by atoms with Gasteiger partial charge in [-0.15, -0.1) is 0 Å². The molecule has 9 heteroatoms. The number of carbonyl (C=O) groups excluding carboxylic acids is 1. The SMILES string of the molecule is C[C@H](C(=O)Nc1ccc(Cl)cc1)n1cnc2c1c(=O)n(C)c(=O)n2C. The highest BCUT2D eigenvalue weighted by Gasteiger charge is 2.21. The lowest BCUT2D eigenvalue weighted by atomic mass is 10.2. The van der Waals surface area contributed by atoms with E-state index in [2.05, 4.69) is 10.3 Å². The molecule has 3 aromatic rings. The molecule has 0 unspecified atom stereocenters. The van der Waals surface area contributed by atoms with Gasteiger partial charge in [-0.25, -0.2) is 9.78 Å². The normalized spacial score (nSPS) is 12.3. The molecule has 1 amide bonds. The lowest BCUT2D eigenvalue weighted by Crippen LogP contribution is -2.38. The number of aryl methyl sites for hydroxylation is 1. The van der Waals surface area contributed by atoms with E-state index in [1.807, 2.05) is 0 Å². The third-order valence-corrected chi connectivity index (χ3v) is 4.33. The van der Waals surface area contributed by atoms with Crippen LogP contribution < -0.4 is 16.6 Å². The molecule has 25 heavy (non-hydrogen) atoms. The van der Waals surface area contributed by atoms with Gasteiger partial charge in [-0.3, -0.25) is 18.7 Å². The molecular weight excluding hydrogens is 346 g/mol. The van der Waals surface area contributed by atoms with Crippen LogP contribution in [-0.2, 0) is 18.9 Å². The zero-order chi connectivity index (χ0) is 18.3. The van der Waals surface area contributed by atoms with Gasteiger partial charge in [0.1, 0.15) is 6.04 Å². The topological polar surface area (TPSA) is 90.9 Å². The van der Waals surface area contributed by atoms with Gasteiger partial charge in [0.15, 0.2) is 11.2 Å². The average molecular weight is 362 g/mol. The molecule has 0 spiro atoms. The predicted octanol–water partition coefficient (Wildman–Crippen LogP) is 1.29. The highest BCUT2D eigenvalue weighted by Crippen LogP contribution is 2.17. The highest BCUT2D eigenvalue weighted by atomic mass is 35.5. The van der Waals surface area contributed by atoms with Crippen molar-refractivity contribution in [1.29, 1.82) is 0 Å². The standard InChI is InChI=1S/C16H16ClN5O3/c1-9(14(23)19-11-6-4-10(17)5-7-11)22-8-18-13-12(22)15(24)21(3)16(25)20(13)2/h4-9H,1-3H3,(H,19,23)/t9-/m1/s1. The van der Waals surface area contributed by atoms with Crippen molar-refractivity contribution >= 4 is 34.4 Å². The largest absolute Gasteiger partial charge is 0.332 e. The molecule has 0 aliphatic carbocycles. The number of benzene rings is 1. The molecule has 0 aliphatic rings. The number of hydrogen-bond acceptors (Lipinski definition) is 4. The molecule has 130 valence electrons. The van der Waals surface area contributed by atoms with Crippen LogP contribution >= 0.6 is 11.6 Å². The number of anilines is 1. The summed E-state index contributed by atoms with van der Waals surface area (Å²) in [4.78, 5) is 41.1. The van der Waals surface area contributed by atoms with Crippen LogP contribution in [-0.4, -0.2) is 24.6 Å². The van der Waals surface area contributed by atoms with Gasteiger partial charge >= 0.3 is 5.69 Å². The van der Waals surface area contributed by atoms with Crippen molar-refractivity contribution in [3.8, 4) is 0 Å². The first kappa shape index (κ1) is 17.0. The second-order valence-electron chi connectivity index (χ2n) is 5.70. The number of rotatable bonds is 3. The lowest BCUT2D eigenvalue weighted by molar-refractivity contribution is -0.118. The van der Waals surface area contributed by atoms with Gasteiger partial charge < -0.3 is 9.88 Å². The van der Waals surface area contributed by atoms with Gasteiger partial charge in [-0.1, -0.05) is 11.6 Å². The smallest absolute Gasteiger partial charge is 0.324 e. The molecule has 1 atom stereocenters. The highest BCUT2D eigenvalue weighted by molar-refractivity contribution is 6.30. The van der Waals surface area contributed by atoms with Crippen molar-refractivity contribution in [1.82, 2.24) is 18.7 Å². The summed E-state index contributed by atoms with van der Waals surface area (Å²) in [6.07, 6.45) is 1.39. The summed E-state index contributed by atoms with van der Waals surface area (Å²) in [6.45, 7) is 1.65. The molecule has 0 saturated carbocycles. The molecule has 8 nitrogen and oxygen atoms in total. The molecule has 0 bridgehead atoms. The van der Waals surface area contributed by atoms with Gasteiger partial charge in [0.05, 0.1) is 6.33 Å². The maximum absolute atomic E-state index is 12.5. The summed E-state index contributed by atoms with van der Waals surface area (Å²) >= 11 is 5.83. The molecule has 0 radical (unpaired) electrons. The van der Waals surface area contributed by atoms with Crippen LogP contribution in [0.2, 0.25) is 5.02 Å². The van der Waals surface area contributed by atoms with Gasteiger partial charge in [0, 0.05) is 24.8 Å². The first-order valence-corrected chi connectivity index (χ1v) is 7.88. The monoisotopic (exact) mass is 361 g/mol. The van der Waals surface area contributed by atoms with Crippen LogP contribution in [0.15, 0.2) is 40.2 Å². The molecular formula is C16H16ClN5O3. The van der Waals surface area contributed by atoms with E-state index < -0.39 is 17.3 Å². The number of hydrogen-bond donors (Lipinski definition) is 1. The van der Waals surface area contributed by atoms with E-state index in [-0.39, 0.29) is 17.1 Å². The van der Waals surface area contributed by atoms with Crippen LogP contribution in [0.3, 0.4) is 0 Å². The van der Waals surface area contributed by atoms with Crippen LogP contribution in [0, 0.1) is 0 Å². The maximum atomic E-state index is 12.5. The van der Waals surface area contributed by atoms with E-state index in [0.717, 1.165) is 4.57 Å². The van der Waals surface area contributed by atoms with E-state index in [4.69, 9.17) is 11.6 Å². The van der Waals surface area contributed by atoms with E-state index >= 15 is 0 Å².